The number of hydrogen-bond donors (Lipinski definition) is 0. The van der Waals surface area contributed by atoms with Crippen molar-refractivity contribution in [3.05, 3.63) is 68.5 Å². The summed E-state index contributed by atoms with van der Waals surface area (Å²) in [6, 6.07) is 11.7. The van der Waals surface area contributed by atoms with Crippen molar-refractivity contribution in [3.8, 4) is 0 Å². The van der Waals surface area contributed by atoms with E-state index >= 15 is 0 Å². The number of thioether (sulfide) groups is 1. The lowest BCUT2D eigenvalue weighted by molar-refractivity contribution is 0.665. The molecule has 0 radical (unpaired) electrons. The number of rotatable bonds is 4. The van der Waals surface area contributed by atoms with Crippen LogP contribution in [0.15, 0.2) is 46.0 Å². The molecule has 106 valence electrons. The molecule has 0 aliphatic rings. The molecule has 0 fully saturated rings. The summed E-state index contributed by atoms with van der Waals surface area (Å²) < 4.78 is 2.65. The largest absolute Gasteiger partial charge is 0.330 e. The third-order valence-electron chi connectivity index (χ3n) is 3.38. The van der Waals surface area contributed by atoms with Gasteiger partial charge in [0, 0.05) is 36.9 Å². The predicted octanol–water partition coefficient (Wildman–Crippen LogP) is 2.08. The molecule has 1 aromatic carbocycles. The van der Waals surface area contributed by atoms with Gasteiger partial charge in [0.15, 0.2) is 0 Å². The summed E-state index contributed by atoms with van der Waals surface area (Å²) in [5.74, 6) is 0.637. The molecule has 2 aromatic rings. The van der Waals surface area contributed by atoms with Crippen molar-refractivity contribution < 1.29 is 0 Å². The molecule has 0 aliphatic heterocycles. The standard InChI is InChI=1S/C15H18N2O2S/c1-11(12-7-5-4-6-8-12)20-10-13-9-14(18)17(3)15(19)16(13)2/h4-9,11H,10H2,1-3H3. The third-order valence-corrected chi connectivity index (χ3v) is 4.61. The Morgan fingerprint density at radius 3 is 2.40 bits per heavy atom. The Balaban J connectivity index is 2.16. The second kappa shape index (κ2) is 6.13. The van der Waals surface area contributed by atoms with Gasteiger partial charge in [-0.05, 0) is 12.5 Å². The molecule has 4 nitrogen and oxygen atoms in total. The molecule has 0 saturated carbocycles. The van der Waals surface area contributed by atoms with Crippen LogP contribution in [0.3, 0.4) is 0 Å². The SMILES string of the molecule is CC(SCc1cc(=O)n(C)c(=O)n1C)c1ccccc1. The van der Waals surface area contributed by atoms with Crippen molar-refractivity contribution in [2.75, 3.05) is 0 Å². The van der Waals surface area contributed by atoms with E-state index in [2.05, 4.69) is 19.1 Å². The van der Waals surface area contributed by atoms with E-state index in [0.29, 0.717) is 11.0 Å². The van der Waals surface area contributed by atoms with Crippen LogP contribution >= 0.6 is 11.8 Å². The summed E-state index contributed by atoms with van der Waals surface area (Å²) in [5.41, 5.74) is 1.47. The van der Waals surface area contributed by atoms with Crippen molar-refractivity contribution in [2.45, 2.75) is 17.9 Å². The van der Waals surface area contributed by atoms with Gasteiger partial charge in [-0.3, -0.25) is 13.9 Å². The highest BCUT2D eigenvalue weighted by molar-refractivity contribution is 7.98. The molecule has 0 aliphatic carbocycles. The molecule has 0 amide bonds. The molecule has 5 heteroatoms. The Hall–Kier alpha value is -1.75. The zero-order chi connectivity index (χ0) is 14.7. The maximum absolute atomic E-state index is 11.8. The van der Waals surface area contributed by atoms with Crippen LogP contribution in [0.4, 0.5) is 0 Å². The lowest BCUT2D eigenvalue weighted by Crippen LogP contribution is -2.37. The van der Waals surface area contributed by atoms with E-state index in [0.717, 1.165) is 10.3 Å². The fourth-order valence-electron chi connectivity index (χ4n) is 1.95. The number of nitrogens with zero attached hydrogens (tertiary/aromatic N) is 2. The normalized spacial score (nSPS) is 12.3. The highest BCUT2D eigenvalue weighted by Crippen LogP contribution is 2.30. The fourth-order valence-corrected chi connectivity index (χ4v) is 2.99. The summed E-state index contributed by atoms with van der Waals surface area (Å²) in [6.07, 6.45) is 0. The molecule has 1 aromatic heterocycles. The van der Waals surface area contributed by atoms with Crippen LogP contribution in [-0.2, 0) is 19.8 Å². The van der Waals surface area contributed by atoms with E-state index in [1.807, 2.05) is 18.2 Å². The van der Waals surface area contributed by atoms with E-state index in [9.17, 15) is 9.59 Å². The fraction of sp³-hybridized carbons (Fsp3) is 0.333. The quantitative estimate of drug-likeness (QED) is 0.866. The minimum absolute atomic E-state index is 0.254. The van der Waals surface area contributed by atoms with Crippen molar-refractivity contribution in [1.29, 1.82) is 0 Å². The van der Waals surface area contributed by atoms with Gasteiger partial charge in [0.05, 0.1) is 0 Å². The Labute approximate surface area is 122 Å². The third kappa shape index (κ3) is 3.04. The van der Waals surface area contributed by atoms with Gasteiger partial charge in [-0.1, -0.05) is 30.3 Å². The van der Waals surface area contributed by atoms with E-state index in [-0.39, 0.29) is 11.2 Å². The highest BCUT2D eigenvalue weighted by Gasteiger charge is 2.09. The van der Waals surface area contributed by atoms with Gasteiger partial charge < -0.3 is 0 Å². The van der Waals surface area contributed by atoms with Crippen LogP contribution in [0.1, 0.15) is 23.4 Å². The van der Waals surface area contributed by atoms with Gasteiger partial charge >= 0.3 is 5.69 Å². The van der Waals surface area contributed by atoms with Crippen LogP contribution in [0.2, 0.25) is 0 Å². The zero-order valence-corrected chi connectivity index (χ0v) is 12.7. The van der Waals surface area contributed by atoms with Crippen molar-refractivity contribution >= 4 is 11.8 Å². The molecule has 20 heavy (non-hydrogen) atoms. The molecule has 2 rings (SSSR count). The van der Waals surface area contributed by atoms with Crippen molar-refractivity contribution in [3.63, 3.8) is 0 Å². The van der Waals surface area contributed by atoms with Crippen LogP contribution < -0.4 is 11.2 Å². The molecular weight excluding hydrogens is 272 g/mol. The van der Waals surface area contributed by atoms with Crippen LogP contribution in [-0.4, -0.2) is 9.13 Å². The molecule has 0 N–H and O–H groups in total. The maximum atomic E-state index is 11.8. The first-order valence-electron chi connectivity index (χ1n) is 6.43. The molecule has 1 heterocycles. The zero-order valence-electron chi connectivity index (χ0n) is 11.9. The van der Waals surface area contributed by atoms with Crippen LogP contribution in [0.5, 0.6) is 0 Å². The second-order valence-corrected chi connectivity index (χ2v) is 6.07. The lowest BCUT2D eigenvalue weighted by atomic mass is 10.2. The number of aromatic nitrogens is 2. The van der Waals surface area contributed by atoms with E-state index in [1.54, 1.807) is 18.8 Å². The minimum Gasteiger partial charge on any atom is -0.300 e. The summed E-state index contributed by atoms with van der Waals surface area (Å²) in [7, 11) is 3.19. The predicted molar refractivity (Wildman–Crippen MR) is 83.1 cm³/mol. The minimum atomic E-state index is -0.277. The Bertz CT molecular complexity index is 704. The molecule has 0 spiro atoms. The van der Waals surface area contributed by atoms with Gasteiger partial charge in [-0.25, -0.2) is 4.79 Å². The van der Waals surface area contributed by atoms with Crippen LogP contribution in [0, 0.1) is 0 Å². The smallest absolute Gasteiger partial charge is 0.300 e. The van der Waals surface area contributed by atoms with Gasteiger partial charge in [-0.15, -0.1) is 11.8 Å². The van der Waals surface area contributed by atoms with Gasteiger partial charge in [0.2, 0.25) is 0 Å². The summed E-state index contributed by atoms with van der Waals surface area (Å²) in [4.78, 5) is 23.5. The maximum Gasteiger partial charge on any atom is 0.330 e. The molecule has 1 atom stereocenters. The molecule has 0 saturated heterocycles. The van der Waals surface area contributed by atoms with Gasteiger partial charge in [0.1, 0.15) is 0 Å². The van der Waals surface area contributed by atoms with E-state index in [1.165, 1.54) is 23.2 Å². The van der Waals surface area contributed by atoms with Crippen LogP contribution in [0.25, 0.3) is 0 Å². The topological polar surface area (TPSA) is 44.0 Å². The monoisotopic (exact) mass is 290 g/mol. The van der Waals surface area contributed by atoms with Gasteiger partial charge in [0.25, 0.3) is 5.56 Å². The van der Waals surface area contributed by atoms with E-state index < -0.39 is 0 Å². The van der Waals surface area contributed by atoms with Crippen molar-refractivity contribution in [1.82, 2.24) is 9.13 Å². The molecular formula is C15H18N2O2S. The second-order valence-electron chi connectivity index (χ2n) is 4.74. The highest BCUT2D eigenvalue weighted by atomic mass is 32.2. The van der Waals surface area contributed by atoms with E-state index in [4.69, 9.17) is 0 Å². The first-order valence-corrected chi connectivity index (χ1v) is 7.48. The number of benzene rings is 1. The first kappa shape index (κ1) is 14.7. The Kier molecular flexibility index (Phi) is 4.49. The molecule has 1 unspecified atom stereocenters. The summed E-state index contributed by atoms with van der Waals surface area (Å²) in [5, 5.41) is 0.315. The average Bonchev–Trinajstić information content (AvgIpc) is 2.48. The first-order chi connectivity index (χ1) is 9.50. The van der Waals surface area contributed by atoms with Gasteiger partial charge in [-0.2, -0.15) is 0 Å². The summed E-state index contributed by atoms with van der Waals surface area (Å²) in [6.45, 7) is 2.12. The van der Waals surface area contributed by atoms with Crippen molar-refractivity contribution in [2.24, 2.45) is 14.1 Å². The molecule has 0 bridgehead atoms. The number of hydrogen-bond acceptors (Lipinski definition) is 3. The Morgan fingerprint density at radius 1 is 1.10 bits per heavy atom. The summed E-state index contributed by atoms with van der Waals surface area (Å²) >= 11 is 1.71. The lowest BCUT2D eigenvalue weighted by Gasteiger charge is -2.13. The average molecular weight is 290 g/mol. The Morgan fingerprint density at radius 2 is 1.75 bits per heavy atom.